The molecule has 0 saturated carbocycles. The lowest BCUT2D eigenvalue weighted by Gasteiger charge is -2.34. The molecule has 1 aliphatic rings. The van der Waals surface area contributed by atoms with E-state index in [1.54, 1.807) is 6.07 Å². The number of hydrogen-bond donors (Lipinski definition) is 1. The normalized spacial score (nSPS) is 18.0. The zero-order valence-corrected chi connectivity index (χ0v) is 15.7. The average Bonchev–Trinajstić information content (AvgIpc) is 2.67. The maximum absolute atomic E-state index is 14.0. The smallest absolute Gasteiger partial charge is 0.211 e. The summed E-state index contributed by atoms with van der Waals surface area (Å²) in [6, 6.07) is 13.1. The number of fused-ring (bicyclic) bond motifs is 1. The molecule has 0 aliphatic carbocycles. The van der Waals surface area contributed by atoms with Crippen LogP contribution in [0, 0.1) is 5.82 Å². The van der Waals surface area contributed by atoms with Gasteiger partial charge < -0.3 is 10.2 Å². The molecule has 1 N–H and O–H groups in total. The van der Waals surface area contributed by atoms with E-state index in [1.165, 1.54) is 24.4 Å². The molecule has 1 atom stereocenters. The van der Waals surface area contributed by atoms with Crippen LogP contribution in [0.25, 0.3) is 10.9 Å². The third-order valence-corrected chi connectivity index (χ3v) is 6.56. The Balaban J connectivity index is 1.79. The molecule has 2 aromatic carbocycles. The minimum absolute atomic E-state index is 0.00840. The second-order valence-corrected chi connectivity index (χ2v) is 8.67. The maximum Gasteiger partial charge on any atom is 0.211 e. The van der Waals surface area contributed by atoms with Gasteiger partial charge in [0.15, 0.2) is 0 Å². The summed E-state index contributed by atoms with van der Waals surface area (Å²) in [6.45, 7) is 4.73. The number of rotatable bonds is 3. The highest BCUT2D eigenvalue weighted by molar-refractivity contribution is 7.91. The van der Waals surface area contributed by atoms with Crippen LogP contribution in [0.3, 0.4) is 0 Å². The molecular formula is C20H20FN3O2S. The van der Waals surface area contributed by atoms with E-state index < -0.39 is 15.7 Å². The lowest BCUT2D eigenvalue weighted by atomic mass is 10.1. The quantitative estimate of drug-likeness (QED) is 0.751. The molecular weight excluding hydrogens is 365 g/mol. The van der Waals surface area contributed by atoms with Crippen LogP contribution in [0.4, 0.5) is 10.1 Å². The highest BCUT2D eigenvalue weighted by atomic mass is 32.2. The molecule has 5 nitrogen and oxygen atoms in total. The summed E-state index contributed by atoms with van der Waals surface area (Å²) < 4.78 is 39.7. The third-order valence-electron chi connectivity index (χ3n) is 4.81. The molecule has 3 aromatic rings. The lowest BCUT2D eigenvalue weighted by molar-refractivity contribution is 0.485. The predicted molar refractivity (Wildman–Crippen MR) is 103 cm³/mol. The van der Waals surface area contributed by atoms with Crippen LogP contribution >= 0.6 is 0 Å². The van der Waals surface area contributed by atoms with Crippen LogP contribution in [-0.2, 0) is 9.84 Å². The first-order chi connectivity index (χ1) is 13.0. The van der Waals surface area contributed by atoms with Crippen molar-refractivity contribution in [2.75, 3.05) is 24.5 Å². The topological polar surface area (TPSA) is 62.3 Å². The van der Waals surface area contributed by atoms with Crippen LogP contribution in [0.2, 0.25) is 0 Å². The van der Waals surface area contributed by atoms with Crippen molar-refractivity contribution >= 4 is 26.4 Å². The number of halogens is 1. The first-order valence-corrected chi connectivity index (χ1v) is 10.3. The van der Waals surface area contributed by atoms with Gasteiger partial charge in [0.2, 0.25) is 9.84 Å². The van der Waals surface area contributed by atoms with Gasteiger partial charge in [-0.05, 0) is 31.2 Å². The number of sulfone groups is 1. The summed E-state index contributed by atoms with van der Waals surface area (Å²) in [5.74, 6) is -0.763. The SMILES string of the molecule is CC1CN(c2cccc3cc(S(=O)(=O)c4ccccc4F)cnc23)CCN1. The number of anilines is 1. The van der Waals surface area contributed by atoms with Gasteiger partial charge >= 0.3 is 0 Å². The molecule has 7 heteroatoms. The van der Waals surface area contributed by atoms with Crippen LogP contribution in [0.5, 0.6) is 0 Å². The van der Waals surface area contributed by atoms with Crippen LogP contribution in [0.1, 0.15) is 6.92 Å². The van der Waals surface area contributed by atoms with Crippen LogP contribution in [-0.4, -0.2) is 39.1 Å². The number of hydrogen-bond acceptors (Lipinski definition) is 5. The van der Waals surface area contributed by atoms with Gasteiger partial charge in [0, 0.05) is 37.3 Å². The first kappa shape index (κ1) is 17.9. The zero-order chi connectivity index (χ0) is 19.0. The molecule has 1 aliphatic heterocycles. The number of nitrogens with zero attached hydrogens (tertiary/aromatic N) is 2. The monoisotopic (exact) mass is 385 g/mol. The van der Waals surface area contributed by atoms with Crippen LogP contribution in [0.15, 0.2) is 64.5 Å². The van der Waals surface area contributed by atoms with Gasteiger partial charge in [-0.1, -0.05) is 24.3 Å². The second-order valence-electron chi connectivity index (χ2n) is 6.75. The van der Waals surface area contributed by atoms with E-state index in [0.717, 1.165) is 42.3 Å². The Bertz CT molecular complexity index is 1100. The Morgan fingerprint density at radius 1 is 1.19 bits per heavy atom. The third kappa shape index (κ3) is 3.28. The fraction of sp³-hybridized carbons (Fsp3) is 0.250. The molecule has 1 unspecified atom stereocenters. The van der Waals surface area contributed by atoms with Crippen molar-refractivity contribution in [1.82, 2.24) is 10.3 Å². The summed E-state index contributed by atoms with van der Waals surface area (Å²) in [5, 5.41) is 4.12. The molecule has 0 amide bonds. The van der Waals surface area contributed by atoms with Gasteiger partial charge in [0.25, 0.3) is 0 Å². The van der Waals surface area contributed by atoms with E-state index in [9.17, 15) is 12.8 Å². The van der Waals surface area contributed by atoms with Crippen molar-refractivity contribution in [3.63, 3.8) is 0 Å². The van der Waals surface area contributed by atoms with Gasteiger partial charge in [-0.25, -0.2) is 12.8 Å². The van der Waals surface area contributed by atoms with Gasteiger partial charge in [0.05, 0.1) is 16.1 Å². The fourth-order valence-electron chi connectivity index (χ4n) is 3.47. The van der Waals surface area contributed by atoms with Crippen LogP contribution < -0.4 is 10.2 Å². The van der Waals surface area contributed by atoms with E-state index in [0.29, 0.717) is 6.04 Å². The van der Waals surface area contributed by atoms with Crippen molar-refractivity contribution in [1.29, 1.82) is 0 Å². The number of benzene rings is 2. The largest absolute Gasteiger partial charge is 0.367 e. The molecule has 0 bridgehead atoms. The summed E-state index contributed by atoms with van der Waals surface area (Å²) >= 11 is 0. The number of aromatic nitrogens is 1. The van der Waals surface area contributed by atoms with Crippen molar-refractivity contribution < 1.29 is 12.8 Å². The minimum Gasteiger partial charge on any atom is -0.367 e. The Labute approximate surface area is 157 Å². The van der Waals surface area contributed by atoms with Crippen molar-refractivity contribution in [2.45, 2.75) is 22.8 Å². The molecule has 0 radical (unpaired) electrons. The number of para-hydroxylation sites is 1. The first-order valence-electron chi connectivity index (χ1n) is 8.83. The maximum atomic E-state index is 14.0. The summed E-state index contributed by atoms with van der Waals surface area (Å²) in [4.78, 5) is 6.35. The molecule has 1 saturated heterocycles. The molecule has 1 aromatic heterocycles. The van der Waals surface area contributed by atoms with Crippen molar-refractivity contribution in [3.05, 3.63) is 60.5 Å². The molecule has 4 rings (SSSR count). The Morgan fingerprint density at radius 2 is 2.00 bits per heavy atom. The van der Waals surface area contributed by atoms with E-state index >= 15 is 0 Å². The highest BCUT2D eigenvalue weighted by Crippen LogP contribution is 2.30. The number of pyridine rings is 1. The minimum atomic E-state index is -3.97. The van der Waals surface area contributed by atoms with Gasteiger partial charge in [-0.15, -0.1) is 0 Å². The molecule has 1 fully saturated rings. The lowest BCUT2D eigenvalue weighted by Crippen LogP contribution is -2.49. The predicted octanol–water partition coefficient (Wildman–Crippen LogP) is 3.00. The van der Waals surface area contributed by atoms with E-state index in [1.807, 2.05) is 18.2 Å². The summed E-state index contributed by atoms with van der Waals surface area (Å²) in [7, 11) is -3.97. The molecule has 27 heavy (non-hydrogen) atoms. The molecule has 140 valence electrons. The molecule has 2 heterocycles. The van der Waals surface area contributed by atoms with Gasteiger partial charge in [-0.2, -0.15) is 0 Å². The average molecular weight is 385 g/mol. The van der Waals surface area contributed by atoms with E-state index in [4.69, 9.17) is 0 Å². The Morgan fingerprint density at radius 3 is 2.78 bits per heavy atom. The van der Waals surface area contributed by atoms with E-state index in [-0.39, 0.29) is 9.79 Å². The number of piperazine rings is 1. The standard InChI is InChI=1S/C20H20FN3O2S/c1-14-13-24(10-9-22-14)18-7-4-5-15-11-16(12-23-20(15)18)27(25,26)19-8-3-2-6-17(19)21/h2-8,11-12,14,22H,9-10,13H2,1H3. The van der Waals surface area contributed by atoms with Crippen molar-refractivity contribution in [2.24, 2.45) is 0 Å². The fourth-order valence-corrected chi connectivity index (χ4v) is 4.78. The number of nitrogens with one attached hydrogen (secondary N) is 1. The van der Waals surface area contributed by atoms with Gasteiger partial charge in [-0.3, -0.25) is 4.98 Å². The highest BCUT2D eigenvalue weighted by Gasteiger charge is 2.23. The van der Waals surface area contributed by atoms with E-state index in [2.05, 4.69) is 22.1 Å². The Hall–Kier alpha value is -2.51. The Kier molecular flexibility index (Phi) is 4.57. The van der Waals surface area contributed by atoms with Crippen molar-refractivity contribution in [3.8, 4) is 0 Å². The summed E-state index contributed by atoms with van der Waals surface area (Å²) in [5.41, 5.74) is 1.73. The molecule has 0 spiro atoms. The second kappa shape index (κ2) is 6.90. The summed E-state index contributed by atoms with van der Waals surface area (Å²) in [6.07, 6.45) is 1.32. The van der Waals surface area contributed by atoms with Gasteiger partial charge in [0.1, 0.15) is 10.7 Å². The zero-order valence-electron chi connectivity index (χ0n) is 14.9.